The summed E-state index contributed by atoms with van der Waals surface area (Å²) in [6.07, 6.45) is 6.82. The number of rotatable bonds is 9. The molecule has 5 rings (SSSR count). The fourth-order valence-corrected chi connectivity index (χ4v) is 7.45. The van der Waals surface area contributed by atoms with Crippen molar-refractivity contribution < 1.29 is 14.3 Å². The van der Waals surface area contributed by atoms with Crippen molar-refractivity contribution in [3.63, 3.8) is 0 Å². The number of methoxy groups -OCH3 is 1. The summed E-state index contributed by atoms with van der Waals surface area (Å²) in [5.74, 6) is 4.63. The molecular weight excluding hydrogens is 601 g/mol. The Hall–Kier alpha value is -3.85. The van der Waals surface area contributed by atoms with Gasteiger partial charge in [-0.1, -0.05) is 153 Å². The van der Waals surface area contributed by atoms with Gasteiger partial charge < -0.3 is 9.47 Å². The highest BCUT2D eigenvalue weighted by Crippen LogP contribution is 2.51. The third-order valence-corrected chi connectivity index (χ3v) is 9.99. The van der Waals surface area contributed by atoms with Crippen molar-refractivity contribution in [2.45, 2.75) is 112 Å². The van der Waals surface area contributed by atoms with E-state index in [4.69, 9.17) is 9.47 Å². The highest BCUT2D eigenvalue weighted by molar-refractivity contribution is 5.70. The minimum Gasteiger partial charge on any atom is -0.497 e. The summed E-state index contributed by atoms with van der Waals surface area (Å²) < 4.78 is 10.6. The fourth-order valence-electron chi connectivity index (χ4n) is 7.45. The lowest BCUT2D eigenvalue weighted by Crippen LogP contribution is -2.43. The Morgan fingerprint density at radius 1 is 0.735 bits per heavy atom. The van der Waals surface area contributed by atoms with Crippen molar-refractivity contribution in [2.24, 2.45) is 17.8 Å². The Bertz CT molecular complexity index is 1530. The number of ether oxygens (including phenoxy) is 2. The van der Waals surface area contributed by atoms with Crippen LogP contribution < -0.4 is 9.47 Å². The van der Waals surface area contributed by atoms with Gasteiger partial charge in [0, 0.05) is 12.3 Å². The largest absolute Gasteiger partial charge is 0.497 e. The summed E-state index contributed by atoms with van der Waals surface area (Å²) in [4.78, 5) is 10.8. The molecule has 0 radical (unpaired) electrons. The second-order valence-electron chi connectivity index (χ2n) is 14.9. The molecule has 4 aromatic rings. The van der Waals surface area contributed by atoms with Crippen LogP contribution in [0.3, 0.4) is 0 Å². The first kappa shape index (κ1) is 39.6. The predicted octanol–water partition coefficient (Wildman–Crippen LogP) is 13.0. The Morgan fingerprint density at radius 2 is 1.37 bits per heavy atom. The highest BCUT2D eigenvalue weighted by atomic mass is 16.5. The van der Waals surface area contributed by atoms with Crippen LogP contribution in [0.1, 0.15) is 123 Å². The molecule has 1 aliphatic carbocycles. The minimum absolute atomic E-state index is 0.270. The molecule has 1 saturated carbocycles. The molecule has 0 amide bonds. The number of para-hydroxylation sites is 1. The van der Waals surface area contributed by atoms with Gasteiger partial charge in [-0.25, -0.2) is 0 Å². The SMILES string of the molecule is CC(=O)Oc1ccccc1C(C)C.CC(C)c1ccc(-c2ccccc2)cc1.COc1cccc(C2(C(C)C)CCCCC2CC(C)C)c1. The lowest BCUT2D eigenvalue weighted by Gasteiger charge is -2.49. The van der Waals surface area contributed by atoms with Crippen LogP contribution in [0, 0.1) is 17.8 Å². The summed E-state index contributed by atoms with van der Waals surface area (Å²) in [7, 11) is 1.77. The molecule has 2 atom stereocenters. The van der Waals surface area contributed by atoms with E-state index in [1.54, 1.807) is 7.11 Å². The molecule has 1 aliphatic rings. The summed E-state index contributed by atoms with van der Waals surface area (Å²) in [5.41, 5.74) is 6.87. The quantitative estimate of drug-likeness (QED) is 0.132. The summed E-state index contributed by atoms with van der Waals surface area (Å²) in [6, 6.07) is 35.8. The normalized spacial score (nSPS) is 17.2. The topological polar surface area (TPSA) is 35.5 Å². The van der Waals surface area contributed by atoms with E-state index >= 15 is 0 Å². The molecule has 0 spiro atoms. The Balaban J connectivity index is 0.000000206. The van der Waals surface area contributed by atoms with Crippen LogP contribution in [-0.2, 0) is 10.2 Å². The molecule has 2 unspecified atom stereocenters. The van der Waals surface area contributed by atoms with Crippen molar-refractivity contribution in [1.29, 1.82) is 0 Å². The molecule has 49 heavy (non-hydrogen) atoms. The van der Waals surface area contributed by atoms with E-state index in [1.165, 1.54) is 61.3 Å². The van der Waals surface area contributed by atoms with Gasteiger partial charge in [0.05, 0.1) is 7.11 Å². The lowest BCUT2D eigenvalue weighted by atomic mass is 9.55. The van der Waals surface area contributed by atoms with Gasteiger partial charge in [0.1, 0.15) is 11.5 Å². The molecule has 264 valence electrons. The van der Waals surface area contributed by atoms with Crippen LogP contribution in [0.4, 0.5) is 0 Å². The second-order valence-corrected chi connectivity index (χ2v) is 14.9. The number of benzene rings is 4. The van der Waals surface area contributed by atoms with Crippen LogP contribution >= 0.6 is 0 Å². The molecule has 0 aromatic heterocycles. The lowest BCUT2D eigenvalue weighted by molar-refractivity contribution is -0.131. The van der Waals surface area contributed by atoms with Gasteiger partial charge in [-0.15, -0.1) is 0 Å². The first-order chi connectivity index (χ1) is 23.4. The number of carbonyl (C=O) groups excluding carboxylic acids is 1. The van der Waals surface area contributed by atoms with Crippen molar-refractivity contribution >= 4 is 5.97 Å². The third kappa shape index (κ3) is 11.3. The van der Waals surface area contributed by atoms with Gasteiger partial charge in [0.15, 0.2) is 0 Å². The number of hydrogen-bond donors (Lipinski definition) is 0. The first-order valence-corrected chi connectivity index (χ1v) is 18.5. The van der Waals surface area contributed by atoms with Gasteiger partial charge in [0.25, 0.3) is 0 Å². The van der Waals surface area contributed by atoms with Crippen molar-refractivity contribution in [3.8, 4) is 22.6 Å². The van der Waals surface area contributed by atoms with E-state index in [0.717, 1.165) is 23.1 Å². The van der Waals surface area contributed by atoms with Crippen LogP contribution in [0.15, 0.2) is 103 Å². The van der Waals surface area contributed by atoms with Gasteiger partial charge in [-0.2, -0.15) is 0 Å². The summed E-state index contributed by atoms with van der Waals surface area (Å²) in [5, 5.41) is 0. The van der Waals surface area contributed by atoms with E-state index in [2.05, 4.69) is 128 Å². The molecule has 3 nitrogen and oxygen atoms in total. The maximum Gasteiger partial charge on any atom is 0.308 e. The van der Waals surface area contributed by atoms with E-state index < -0.39 is 0 Å². The monoisotopic (exact) mass is 662 g/mol. The van der Waals surface area contributed by atoms with Crippen LogP contribution in [0.5, 0.6) is 11.5 Å². The van der Waals surface area contributed by atoms with Crippen molar-refractivity contribution in [1.82, 2.24) is 0 Å². The van der Waals surface area contributed by atoms with Crippen LogP contribution in [0.25, 0.3) is 11.1 Å². The highest BCUT2D eigenvalue weighted by Gasteiger charge is 2.44. The number of hydrogen-bond acceptors (Lipinski definition) is 3. The van der Waals surface area contributed by atoms with E-state index in [0.29, 0.717) is 28.9 Å². The Kier molecular flexibility index (Phi) is 15.6. The maximum absolute atomic E-state index is 10.8. The molecule has 0 heterocycles. The van der Waals surface area contributed by atoms with E-state index in [9.17, 15) is 4.79 Å². The van der Waals surface area contributed by atoms with Crippen LogP contribution in [-0.4, -0.2) is 13.1 Å². The predicted molar refractivity (Wildman–Crippen MR) is 209 cm³/mol. The standard InChI is InChI=1S/C20H32O.C15H16.C11H14O2/c1-15(2)13-17-9-6-7-12-20(17,16(3)4)18-10-8-11-19(14-18)21-5;1-12(2)13-8-10-15(11-9-13)14-6-4-3-5-7-14;1-8(2)10-6-4-5-7-11(10)13-9(3)12/h8,10-11,14-17H,6-7,9,12-13H2,1-5H3;3-12H,1-2H3;4-8H,1-3H3. The van der Waals surface area contributed by atoms with Crippen LogP contribution in [0.2, 0.25) is 0 Å². The van der Waals surface area contributed by atoms with Crippen molar-refractivity contribution in [3.05, 3.63) is 120 Å². The summed E-state index contributed by atoms with van der Waals surface area (Å²) >= 11 is 0. The second kappa shape index (κ2) is 19.4. The Morgan fingerprint density at radius 3 is 1.94 bits per heavy atom. The van der Waals surface area contributed by atoms with Gasteiger partial charge in [-0.05, 0) is 94.9 Å². The molecular formula is C46H62O3. The molecule has 0 N–H and O–H groups in total. The number of carbonyl (C=O) groups is 1. The summed E-state index contributed by atoms with van der Waals surface area (Å²) in [6.45, 7) is 19.6. The molecule has 4 aromatic carbocycles. The third-order valence-electron chi connectivity index (χ3n) is 9.99. The zero-order chi connectivity index (χ0) is 36.0. The van der Waals surface area contributed by atoms with Gasteiger partial charge in [0.2, 0.25) is 0 Å². The minimum atomic E-state index is -0.270. The molecule has 3 heteroatoms. The fraction of sp³-hybridized carbons (Fsp3) is 0.457. The smallest absolute Gasteiger partial charge is 0.308 e. The average molecular weight is 663 g/mol. The average Bonchev–Trinajstić information content (AvgIpc) is 3.09. The maximum atomic E-state index is 10.8. The van der Waals surface area contributed by atoms with Gasteiger partial charge in [-0.3, -0.25) is 4.79 Å². The zero-order valence-electron chi connectivity index (χ0n) is 32.0. The molecule has 0 aliphatic heterocycles. The Labute approximate surface area is 298 Å². The number of esters is 1. The van der Waals surface area contributed by atoms with Crippen molar-refractivity contribution in [2.75, 3.05) is 7.11 Å². The molecule has 0 bridgehead atoms. The molecule has 1 fully saturated rings. The molecule has 0 saturated heterocycles. The van der Waals surface area contributed by atoms with E-state index in [-0.39, 0.29) is 5.97 Å². The van der Waals surface area contributed by atoms with E-state index in [1.807, 2.05) is 30.3 Å². The van der Waals surface area contributed by atoms with Gasteiger partial charge >= 0.3 is 5.97 Å². The first-order valence-electron chi connectivity index (χ1n) is 18.5. The zero-order valence-corrected chi connectivity index (χ0v) is 32.0.